The molecule has 1 aliphatic heterocycles. The van der Waals surface area contributed by atoms with Gasteiger partial charge in [-0.1, -0.05) is 13.0 Å². The molecule has 0 radical (unpaired) electrons. The van der Waals surface area contributed by atoms with Crippen molar-refractivity contribution < 1.29 is 18.1 Å². The lowest BCUT2D eigenvalue weighted by atomic mass is 10.2. The van der Waals surface area contributed by atoms with Gasteiger partial charge in [0.15, 0.2) is 0 Å². The first kappa shape index (κ1) is 25.6. The summed E-state index contributed by atoms with van der Waals surface area (Å²) >= 11 is 0. The van der Waals surface area contributed by atoms with E-state index in [9.17, 15) is 23.3 Å². The number of hydrogen-bond donors (Lipinski definition) is 2. The van der Waals surface area contributed by atoms with E-state index >= 15 is 0 Å². The average molecular weight is 490 g/mol. The van der Waals surface area contributed by atoms with Gasteiger partial charge in [-0.05, 0) is 56.8 Å². The molecule has 0 spiro atoms. The van der Waals surface area contributed by atoms with Gasteiger partial charge in [0.05, 0.1) is 9.82 Å². The first-order valence-electron chi connectivity index (χ1n) is 11.3. The zero-order chi connectivity index (χ0) is 24.7. The van der Waals surface area contributed by atoms with E-state index in [1.165, 1.54) is 36.4 Å². The number of carbonyl (C=O) groups excluding carboxylic acids is 1. The van der Waals surface area contributed by atoms with Crippen molar-refractivity contribution in [2.45, 2.75) is 25.2 Å². The Kier molecular flexibility index (Phi) is 8.59. The highest BCUT2D eigenvalue weighted by Gasteiger charge is 2.20. The topological polar surface area (TPSA) is 125 Å². The minimum atomic E-state index is -4.02. The molecule has 0 unspecified atom stereocenters. The molecular weight excluding hydrogens is 458 g/mol. The molecule has 1 aliphatic rings. The van der Waals surface area contributed by atoms with Crippen LogP contribution < -0.4 is 10.0 Å². The van der Waals surface area contributed by atoms with Crippen LogP contribution in [0, 0.1) is 17.0 Å². The molecular formula is C23H31N5O5S. The molecule has 1 amide bonds. The molecule has 1 saturated heterocycles. The SMILES string of the molecule is CCN1CCN(CCCNC(=O)c2ccc(NS(=O)(=O)c3ccc(C)c([N+](=O)[O-])c3)cc2)CC1. The third kappa shape index (κ3) is 6.75. The molecule has 0 atom stereocenters. The maximum Gasteiger partial charge on any atom is 0.273 e. The van der Waals surface area contributed by atoms with Crippen molar-refractivity contribution in [3.63, 3.8) is 0 Å². The Bertz CT molecular complexity index is 1110. The summed E-state index contributed by atoms with van der Waals surface area (Å²) in [6, 6.07) is 9.79. The van der Waals surface area contributed by atoms with Crippen LogP contribution in [0.4, 0.5) is 11.4 Å². The van der Waals surface area contributed by atoms with Gasteiger partial charge < -0.3 is 15.1 Å². The van der Waals surface area contributed by atoms with Crippen LogP contribution in [0.1, 0.15) is 29.3 Å². The molecule has 10 nitrogen and oxygen atoms in total. The number of nitrogens with one attached hydrogen (secondary N) is 2. The number of likely N-dealkylation sites (N-methyl/N-ethyl adjacent to an activating group) is 1. The number of nitro groups is 1. The molecule has 3 rings (SSSR count). The lowest BCUT2D eigenvalue weighted by Gasteiger charge is -2.33. The Morgan fingerprint density at radius 1 is 1.06 bits per heavy atom. The van der Waals surface area contributed by atoms with Crippen LogP contribution in [-0.2, 0) is 10.0 Å². The van der Waals surface area contributed by atoms with Crippen LogP contribution in [-0.4, -0.2) is 74.9 Å². The molecule has 0 bridgehead atoms. The highest BCUT2D eigenvalue weighted by Crippen LogP contribution is 2.24. The number of aryl methyl sites for hydroxylation is 1. The van der Waals surface area contributed by atoms with Gasteiger partial charge in [-0.15, -0.1) is 0 Å². The Morgan fingerprint density at radius 2 is 1.71 bits per heavy atom. The average Bonchev–Trinajstić information content (AvgIpc) is 2.82. The largest absolute Gasteiger partial charge is 0.352 e. The van der Waals surface area contributed by atoms with Gasteiger partial charge in [0.2, 0.25) is 0 Å². The molecule has 0 saturated carbocycles. The van der Waals surface area contributed by atoms with Gasteiger partial charge >= 0.3 is 0 Å². The summed E-state index contributed by atoms with van der Waals surface area (Å²) < 4.78 is 27.6. The van der Waals surface area contributed by atoms with Crippen LogP contribution in [0.15, 0.2) is 47.4 Å². The van der Waals surface area contributed by atoms with Gasteiger partial charge in [-0.2, -0.15) is 0 Å². The monoisotopic (exact) mass is 489 g/mol. The smallest absolute Gasteiger partial charge is 0.273 e. The molecule has 1 heterocycles. The van der Waals surface area contributed by atoms with E-state index in [2.05, 4.69) is 26.8 Å². The lowest BCUT2D eigenvalue weighted by molar-refractivity contribution is -0.385. The van der Waals surface area contributed by atoms with Gasteiger partial charge in [-0.25, -0.2) is 8.42 Å². The number of rotatable bonds is 10. The number of sulfonamides is 1. The van der Waals surface area contributed by atoms with Gasteiger partial charge in [0.25, 0.3) is 21.6 Å². The van der Waals surface area contributed by atoms with Gasteiger partial charge in [0.1, 0.15) is 0 Å². The Hall–Kier alpha value is -3.02. The molecule has 34 heavy (non-hydrogen) atoms. The minimum Gasteiger partial charge on any atom is -0.352 e. The molecule has 2 aromatic carbocycles. The van der Waals surface area contributed by atoms with E-state index in [0.29, 0.717) is 17.7 Å². The van der Waals surface area contributed by atoms with E-state index in [1.54, 1.807) is 6.92 Å². The summed E-state index contributed by atoms with van der Waals surface area (Å²) in [4.78, 5) is 27.5. The van der Waals surface area contributed by atoms with Crippen molar-refractivity contribution in [1.82, 2.24) is 15.1 Å². The Labute approximate surface area is 200 Å². The van der Waals surface area contributed by atoms with Crippen molar-refractivity contribution >= 4 is 27.3 Å². The quantitative estimate of drug-likeness (QED) is 0.298. The van der Waals surface area contributed by atoms with Crippen molar-refractivity contribution in [3.05, 3.63) is 63.7 Å². The van der Waals surface area contributed by atoms with Crippen LogP contribution >= 0.6 is 0 Å². The van der Waals surface area contributed by atoms with Crippen molar-refractivity contribution in [2.24, 2.45) is 0 Å². The van der Waals surface area contributed by atoms with E-state index < -0.39 is 14.9 Å². The van der Waals surface area contributed by atoms with Gasteiger partial charge in [0, 0.05) is 55.6 Å². The number of nitrogens with zero attached hydrogens (tertiary/aromatic N) is 3. The molecule has 0 aliphatic carbocycles. The zero-order valence-corrected chi connectivity index (χ0v) is 20.3. The molecule has 1 fully saturated rings. The van der Waals surface area contributed by atoms with Crippen LogP contribution in [0.5, 0.6) is 0 Å². The van der Waals surface area contributed by atoms with Gasteiger partial charge in [-0.3, -0.25) is 19.6 Å². The van der Waals surface area contributed by atoms with Crippen molar-refractivity contribution in [3.8, 4) is 0 Å². The number of amides is 1. The molecule has 0 aromatic heterocycles. The second-order valence-corrected chi connectivity index (χ2v) is 9.96. The summed E-state index contributed by atoms with van der Waals surface area (Å²) in [5, 5.41) is 14.0. The molecule has 11 heteroatoms. The number of hydrogen-bond acceptors (Lipinski definition) is 7. The first-order valence-corrected chi connectivity index (χ1v) is 12.8. The Morgan fingerprint density at radius 3 is 2.32 bits per heavy atom. The third-order valence-electron chi connectivity index (χ3n) is 5.94. The van der Waals surface area contributed by atoms with E-state index in [1.807, 2.05) is 0 Å². The summed E-state index contributed by atoms with van der Waals surface area (Å²) in [5.41, 5.74) is 0.785. The molecule has 2 N–H and O–H groups in total. The zero-order valence-electron chi connectivity index (χ0n) is 19.5. The summed E-state index contributed by atoms with van der Waals surface area (Å²) in [6.07, 6.45) is 0.860. The maximum absolute atomic E-state index is 12.6. The predicted molar refractivity (Wildman–Crippen MR) is 131 cm³/mol. The first-order chi connectivity index (χ1) is 16.2. The fourth-order valence-electron chi connectivity index (χ4n) is 3.79. The number of anilines is 1. The fraction of sp³-hybridized carbons (Fsp3) is 0.435. The molecule has 2 aromatic rings. The number of nitro benzene ring substituents is 1. The highest BCUT2D eigenvalue weighted by atomic mass is 32.2. The minimum absolute atomic E-state index is 0.206. The van der Waals surface area contributed by atoms with Crippen LogP contribution in [0.25, 0.3) is 0 Å². The summed E-state index contributed by atoms with van der Waals surface area (Å²) in [6.45, 7) is 10.6. The summed E-state index contributed by atoms with van der Waals surface area (Å²) in [7, 11) is -4.02. The highest BCUT2D eigenvalue weighted by molar-refractivity contribution is 7.92. The molecule has 184 valence electrons. The van der Waals surface area contributed by atoms with Crippen molar-refractivity contribution in [1.29, 1.82) is 0 Å². The normalized spacial score (nSPS) is 15.1. The van der Waals surface area contributed by atoms with Crippen molar-refractivity contribution in [2.75, 3.05) is 50.5 Å². The lowest BCUT2D eigenvalue weighted by Crippen LogP contribution is -2.46. The van der Waals surface area contributed by atoms with Crippen LogP contribution in [0.3, 0.4) is 0 Å². The predicted octanol–water partition coefficient (Wildman–Crippen LogP) is 2.46. The van der Waals surface area contributed by atoms with Crippen LogP contribution in [0.2, 0.25) is 0 Å². The van der Waals surface area contributed by atoms with E-state index in [-0.39, 0.29) is 22.2 Å². The van der Waals surface area contributed by atoms with E-state index in [0.717, 1.165) is 51.8 Å². The summed E-state index contributed by atoms with van der Waals surface area (Å²) in [5.74, 6) is -0.223. The Balaban J connectivity index is 1.50. The van der Waals surface area contributed by atoms with E-state index in [4.69, 9.17) is 0 Å². The second-order valence-electron chi connectivity index (χ2n) is 8.27. The number of benzene rings is 2. The third-order valence-corrected chi connectivity index (χ3v) is 7.31. The second kappa shape index (κ2) is 11.4. The fourth-order valence-corrected chi connectivity index (χ4v) is 4.87. The number of piperazine rings is 1. The maximum atomic E-state index is 12.6. The standard InChI is InChI=1S/C23H31N5O5S/c1-3-26-13-15-27(16-14-26)12-4-11-24-23(29)19-6-8-20(9-7-19)25-34(32,33)21-10-5-18(2)22(17-21)28(30)31/h5-10,17,25H,3-4,11-16H2,1-2H3,(H,24,29). The number of carbonyl (C=O) groups is 1.